The van der Waals surface area contributed by atoms with E-state index in [1.54, 1.807) is 6.07 Å². The van der Waals surface area contributed by atoms with E-state index in [-0.39, 0.29) is 11.1 Å². The van der Waals surface area contributed by atoms with Crippen LogP contribution >= 0.6 is 0 Å². The van der Waals surface area contributed by atoms with E-state index >= 15 is 0 Å². The molecule has 1 aromatic carbocycles. The van der Waals surface area contributed by atoms with Crippen molar-refractivity contribution in [2.45, 2.75) is 116 Å². The topological polar surface area (TPSA) is 49.7 Å². The molecule has 0 spiro atoms. The number of phenols is 1. The molecule has 2 aliphatic carbocycles. The fourth-order valence-corrected chi connectivity index (χ4v) is 7.10. The molecule has 0 radical (unpaired) electrons. The summed E-state index contributed by atoms with van der Waals surface area (Å²) in [6.07, 6.45) is 9.92. The zero-order valence-electron chi connectivity index (χ0n) is 20.8. The van der Waals surface area contributed by atoms with Gasteiger partial charge in [0.1, 0.15) is 5.75 Å². The summed E-state index contributed by atoms with van der Waals surface area (Å²) in [5.74, 6) is 1.83. The standard InChI is InChI=1S/C27H46O3Si/c1-7-8-9-12-21(30-31(5,6)27(2,3)4)14-15-22-23-16-19-11-10-13-25(28)24(19)17-20(23)18-26(22)29/h10-11,13,20-23,26,28-29H,7-9,12,14-18H2,1-6H3/t20-,21+,22+,23-,26+/m1/s1. The van der Waals surface area contributed by atoms with Gasteiger partial charge in [-0.05, 0) is 91.6 Å². The summed E-state index contributed by atoms with van der Waals surface area (Å²) >= 11 is 0. The van der Waals surface area contributed by atoms with Crippen LogP contribution in [0.3, 0.4) is 0 Å². The van der Waals surface area contributed by atoms with E-state index < -0.39 is 8.32 Å². The molecule has 4 heteroatoms. The molecule has 2 aliphatic rings. The van der Waals surface area contributed by atoms with Gasteiger partial charge < -0.3 is 14.6 Å². The van der Waals surface area contributed by atoms with Crippen LogP contribution in [-0.4, -0.2) is 30.7 Å². The van der Waals surface area contributed by atoms with Gasteiger partial charge in [-0.3, -0.25) is 0 Å². The SMILES string of the molecule is CCCCC[C@@H](CC[C@H]1[C@@H]2Cc3cccc(O)c3C[C@@H]2C[C@@H]1O)O[Si](C)(C)C(C)(C)C. The van der Waals surface area contributed by atoms with Crippen LogP contribution in [0.15, 0.2) is 18.2 Å². The lowest BCUT2D eigenvalue weighted by Gasteiger charge is -2.40. The number of aliphatic hydroxyl groups excluding tert-OH is 1. The van der Waals surface area contributed by atoms with Gasteiger partial charge in [-0.15, -0.1) is 0 Å². The monoisotopic (exact) mass is 446 g/mol. The van der Waals surface area contributed by atoms with Crippen LogP contribution in [0.5, 0.6) is 5.75 Å². The van der Waals surface area contributed by atoms with Crippen LogP contribution in [0.4, 0.5) is 0 Å². The smallest absolute Gasteiger partial charge is 0.192 e. The third-order valence-corrected chi connectivity index (χ3v) is 13.1. The molecule has 2 N–H and O–H groups in total. The van der Waals surface area contributed by atoms with Gasteiger partial charge in [0.2, 0.25) is 0 Å². The van der Waals surface area contributed by atoms with Gasteiger partial charge in [0.25, 0.3) is 0 Å². The Morgan fingerprint density at radius 1 is 1.13 bits per heavy atom. The van der Waals surface area contributed by atoms with Crippen molar-refractivity contribution in [1.82, 2.24) is 0 Å². The van der Waals surface area contributed by atoms with Crippen molar-refractivity contribution in [3.8, 4) is 5.75 Å². The molecule has 3 nitrogen and oxygen atoms in total. The van der Waals surface area contributed by atoms with Gasteiger partial charge in [0.15, 0.2) is 8.32 Å². The Labute approximate surface area is 191 Å². The molecule has 0 saturated heterocycles. The number of hydrogen-bond acceptors (Lipinski definition) is 3. The minimum atomic E-state index is -1.80. The van der Waals surface area contributed by atoms with Crippen molar-refractivity contribution in [2.24, 2.45) is 17.8 Å². The molecule has 1 aromatic rings. The maximum absolute atomic E-state index is 11.0. The number of benzene rings is 1. The molecule has 0 amide bonds. The molecule has 0 bridgehead atoms. The first kappa shape index (κ1) is 24.8. The molecule has 0 unspecified atom stereocenters. The van der Waals surface area contributed by atoms with E-state index in [4.69, 9.17) is 4.43 Å². The average molecular weight is 447 g/mol. The highest BCUT2D eigenvalue weighted by atomic mass is 28.4. The third-order valence-electron chi connectivity index (χ3n) is 8.58. The lowest BCUT2D eigenvalue weighted by molar-refractivity contribution is 0.0897. The minimum absolute atomic E-state index is 0.212. The van der Waals surface area contributed by atoms with Crippen molar-refractivity contribution in [2.75, 3.05) is 0 Å². The van der Waals surface area contributed by atoms with Crippen LogP contribution < -0.4 is 0 Å². The number of fused-ring (bicyclic) bond motifs is 2. The Morgan fingerprint density at radius 3 is 2.55 bits per heavy atom. The predicted molar refractivity (Wildman–Crippen MR) is 132 cm³/mol. The number of hydrogen-bond donors (Lipinski definition) is 2. The van der Waals surface area contributed by atoms with Gasteiger partial charge >= 0.3 is 0 Å². The van der Waals surface area contributed by atoms with Crippen LogP contribution in [0.2, 0.25) is 18.1 Å². The van der Waals surface area contributed by atoms with Crippen molar-refractivity contribution < 1.29 is 14.6 Å². The highest BCUT2D eigenvalue weighted by Crippen LogP contribution is 2.48. The zero-order valence-corrected chi connectivity index (χ0v) is 21.8. The number of aliphatic hydroxyl groups is 1. The molecule has 5 atom stereocenters. The van der Waals surface area contributed by atoms with Gasteiger partial charge in [-0.2, -0.15) is 0 Å². The van der Waals surface area contributed by atoms with E-state index in [0.29, 0.717) is 29.6 Å². The third kappa shape index (κ3) is 5.75. The summed E-state index contributed by atoms with van der Waals surface area (Å²) in [6.45, 7) is 14.0. The lowest BCUT2D eigenvalue weighted by atomic mass is 9.73. The first-order valence-electron chi connectivity index (χ1n) is 12.7. The second-order valence-corrected chi connectivity index (χ2v) is 16.5. The van der Waals surface area contributed by atoms with Crippen molar-refractivity contribution in [3.05, 3.63) is 29.3 Å². The fourth-order valence-electron chi connectivity index (χ4n) is 5.67. The molecule has 1 fully saturated rings. The normalized spacial score (nSPS) is 27.1. The molecule has 31 heavy (non-hydrogen) atoms. The number of aromatic hydroxyl groups is 1. The maximum atomic E-state index is 11.0. The fraction of sp³-hybridized carbons (Fsp3) is 0.778. The largest absolute Gasteiger partial charge is 0.508 e. The van der Waals surface area contributed by atoms with E-state index in [1.807, 2.05) is 6.07 Å². The van der Waals surface area contributed by atoms with Crippen molar-refractivity contribution in [3.63, 3.8) is 0 Å². The predicted octanol–water partition coefficient (Wildman–Crippen LogP) is 6.85. The molecule has 0 aliphatic heterocycles. The van der Waals surface area contributed by atoms with E-state index in [1.165, 1.54) is 24.8 Å². The van der Waals surface area contributed by atoms with Gasteiger partial charge in [-0.25, -0.2) is 0 Å². The first-order chi connectivity index (χ1) is 14.5. The number of phenolic OH excluding ortho intramolecular Hbond substituents is 1. The van der Waals surface area contributed by atoms with Crippen LogP contribution in [0.1, 0.15) is 83.8 Å². The lowest BCUT2D eigenvalue weighted by Crippen LogP contribution is -2.44. The highest BCUT2D eigenvalue weighted by molar-refractivity contribution is 6.74. The van der Waals surface area contributed by atoms with Gasteiger partial charge in [-0.1, -0.05) is 59.1 Å². The van der Waals surface area contributed by atoms with Crippen LogP contribution in [0.25, 0.3) is 0 Å². The molecular weight excluding hydrogens is 400 g/mol. The summed E-state index contributed by atoms with van der Waals surface area (Å²) < 4.78 is 6.88. The molecule has 1 saturated carbocycles. The molecule has 3 rings (SSSR count). The molecule has 176 valence electrons. The molecular formula is C27H46O3Si. The second-order valence-electron chi connectivity index (χ2n) is 11.8. The summed E-state index contributed by atoms with van der Waals surface area (Å²) in [5.41, 5.74) is 2.41. The minimum Gasteiger partial charge on any atom is -0.508 e. The van der Waals surface area contributed by atoms with E-state index in [9.17, 15) is 10.2 Å². The first-order valence-corrected chi connectivity index (χ1v) is 15.6. The van der Waals surface area contributed by atoms with E-state index in [0.717, 1.165) is 44.1 Å². The van der Waals surface area contributed by atoms with Crippen LogP contribution in [-0.2, 0) is 17.3 Å². The summed E-state index contributed by atoms with van der Waals surface area (Å²) in [7, 11) is -1.80. The van der Waals surface area contributed by atoms with Gasteiger partial charge in [0, 0.05) is 6.10 Å². The Morgan fingerprint density at radius 2 is 1.87 bits per heavy atom. The van der Waals surface area contributed by atoms with E-state index in [2.05, 4.69) is 46.9 Å². The zero-order chi connectivity index (χ0) is 22.8. The number of rotatable bonds is 9. The maximum Gasteiger partial charge on any atom is 0.192 e. The average Bonchev–Trinajstić information content (AvgIpc) is 2.98. The quantitative estimate of drug-likeness (QED) is 0.322. The molecule has 0 aromatic heterocycles. The van der Waals surface area contributed by atoms with Crippen molar-refractivity contribution >= 4 is 8.32 Å². The Hall–Kier alpha value is -0.843. The van der Waals surface area contributed by atoms with Gasteiger partial charge in [0.05, 0.1) is 6.10 Å². The second kappa shape index (κ2) is 9.97. The summed E-state index contributed by atoms with van der Waals surface area (Å²) in [6, 6.07) is 5.94. The van der Waals surface area contributed by atoms with Crippen molar-refractivity contribution in [1.29, 1.82) is 0 Å². The highest BCUT2D eigenvalue weighted by Gasteiger charge is 2.45. The Kier molecular flexibility index (Phi) is 7.97. The molecule has 0 heterocycles. The Balaban J connectivity index is 1.67. The Bertz CT molecular complexity index is 724. The summed E-state index contributed by atoms with van der Waals surface area (Å²) in [5, 5.41) is 21.5. The summed E-state index contributed by atoms with van der Waals surface area (Å²) in [4.78, 5) is 0. The number of unbranched alkanes of at least 4 members (excludes halogenated alkanes) is 2. The van der Waals surface area contributed by atoms with Crippen LogP contribution in [0, 0.1) is 17.8 Å².